The van der Waals surface area contributed by atoms with E-state index in [-0.39, 0.29) is 30.6 Å². The summed E-state index contributed by atoms with van der Waals surface area (Å²) in [5.74, 6) is -0.940. The normalized spacial score (nSPS) is 17.4. The molecule has 1 fully saturated rings. The molecule has 1 aliphatic heterocycles. The van der Waals surface area contributed by atoms with Crippen LogP contribution in [0.2, 0.25) is 0 Å². The number of methoxy groups -OCH3 is 1. The van der Waals surface area contributed by atoms with Crippen LogP contribution in [0.5, 0.6) is 0 Å². The number of halogens is 1. The summed E-state index contributed by atoms with van der Waals surface area (Å²) in [5.41, 5.74) is 1.67. The van der Waals surface area contributed by atoms with Crippen molar-refractivity contribution in [3.8, 4) is 0 Å². The molecule has 1 saturated carbocycles. The smallest absolute Gasteiger partial charge is 0.269 e. The van der Waals surface area contributed by atoms with Gasteiger partial charge in [-0.05, 0) is 36.1 Å². The zero-order valence-corrected chi connectivity index (χ0v) is 18.7. The lowest BCUT2D eigenvalue weighted by atomic mass is 9.98. The maximum Gasteiger partial charge on any atom is 0.269 e. The maximum absolute atomic E-state index is 13.4. The number of nitro benzene ring substituents is 1. The number of ether oxygens (including phenoxy) is 1. The van der Waals surface area contributed by atoms with Crippen LogP contribution >= 0.6 is 0 Å². The molecule has 2 amide bonds. The highest BCUT2D eigenvalue weighted by Gasteiger charge is 2.38. The third-order valence-electron chi connectivity index (χ3n) is 5.94. The molecule has 0 bridgehead atoms. The number of non-ortho nitro benzene ring substituents is 1. The van der Waals surface area contributed by atoms with E-state index in [4.69, 9.17) is 4.74 Å². The molecule has 1 heterocycles. The summed E-state index contributed by atoms with van der Waals surface area (Å²) in [6, 6.07) is 11.3. The van der Waals surface area contributed by atoms with Gasteiger partial charge < -0.3 is 9.64 Å². The van der Waals surface area contributed by atoms with Crippen LogP contribution in [0.1, 0.15) is 36.4 Å². The number of hydrazone groups is 1. The highest BCUT2D eigenvalue weighted by atomic mass is 19.1. The van der Waals surface area contributed by atoms with Gasteiger partial charge >= 0.3 is 0 Å². The first-order valence-electron chi connectivity index (χ1n) is 11.0. The molecule has 1 atom stereocenters. The average Bonchev–Trinajstić information content (AvgIpc) is 3.59. The molecule has 10 heteroatoms. The van der Waals surface area contributed by atoms with Gasteiger partial charge in [-0.2, -0.15) is 5.10 Å². The molecule has 1 unspecified atom stereocenters. The van der Waals surface area contributed by atoms with Crippen molar-refractivity contribution < 1.29 is 23.6 Å². The van der Waals surface area contributed by atoms with Gasteiger partial charge in [0.25, 0.3) is 11.6 Å². The van der Waals surface area contributed by atoms with Gasteiger partial charge in [-0.25, -0.2) is 9.40 Å². The van der Waals surface area contributed by atoms with Crippen LogP contribution < -0.4 is 0 Å². The number of hydrogen-bond acceptors (Lipinski definition) is 6. The molecule has 0 aromatic heterocycles. The Balaban J connectivity index is 1.63. The number of amides is 2. The lowest BCUT2D eigenvalue weighted by Gasteiger charge is -2.27. The standard InChI is InChI=1S/C24H25FN4O5/c1-34-12-11-27(24(31)17-5-6-17)15-23(30)28-22(18-3-2-4-20(13-18)29(32)33)14-21(26-28)16-7-9-19(25)10-8-16/h2-4,7-10,13,17,22H,5-6,11-12,14-15H2,1H3. The van der Waals surface area contributed by atoms with Gasteiger partial charge in [-0.3, -0.25) is 19.7 Å². The zero-order valence-electron chi connectivity index (χ0n) is 18.7. The van der Waals surface area contributed by atoms with E-state index in [9.17, 15) is 24.1 Å². The molecule has 2 aromatic carbocycles. The Morgan fingerprint density at radius 2 is 1.97 bits per heavy atom. The number of hydrogen-bond donors (Lipinski definition) is 0. The van der Waals surface area contributed by atoms with Crippen LogP contribution in [0.4, 0.5) is 10.1 Å². The van der Waals surface area contributed by atoms with Gasteiger partial charge in [-0.15, -0.1) is 0 Å². The second-order valence-corrected chi connectivity index (χ2v) is 8.39. The first-order valence-corrected chi connectivity index (χ1v) is 11.0. The molecule has 34 heavy (non-hydrogen) atoms. The summed E-state index contributed by atoms with van der Waals surface area (Å²) in [7, 11) is 1.53. The summed E-state index contributed by atoms with van der Waals surface area (Å²) in [6.45, 7) is 0.399. The van der Waals surface area contributed by atoms with Crippen molar-refractivity contribution in [2.45, 2.75) is 25.3 Å². The molecule has 0 N–H and O–H groups in total. The van der Waals surface area contributed by atoms with E-state index in [0.717, 1.165) is 12.8 Å². The molecular formula is C24H25FN4O5. The average molecular weight is 468 g/mol. The Labute approximate surface area is 195 Å². The number of rotatable bonds is 9. The minimum absolute atomic E-state index is 0.0610. The van der Waals surface area contributed by atoms with Crippen molar-refractivity contribution in [3.63, 3.8) is 0 Å². The van der Waals surface area contributed by atoms with Gasteiger partial charge in [0.2, 0.25) is 5.91 Å². The summed E-state index contributed by atoms with van der Waals surface area (Å²) < 4.78 is 18.5. The second kappa shape index (κ2) is 10.1. The monoisotopic (exact) mass is 468 g/mol. The number of benzene rings is 2. The predicted molar refractivity (Wildman–Crippen MR) is 121 cm³/mol. The Hall–Kier alpha value is -3.66. The largest absolute Gasteiger partial charge is 0.383 e. The van der Waals surface area contributed by atoms with Gasteiger partial charge in [0, 0.05) is 38.1 Å². The van der Waals surface area contributed by atoms with Crippen LogP contribution in [0, 0.1) is 21.8 Å². The fourth-order valence-electron chi connectivity index (χ4n) is 3.96. The summed E-state index contributed by atoms with van der Waals surface area (Å²) in [6.07, 6.45) is 1.92. The molecule has 0 radical (unpaired) electrons. The summed E-state index contributed by atoms with van der Waals surface area (Å²) in [5, 5.41) is 17.1. The van der Waals surface area contributed by atoms with E-state index in [0.29, 0.717) is 29.9 Å². The number of nitrogens with zero attached hydrogens (tertiary/aromatic N) is 4. The van der Waals surface area contributed by atoms with Crippen LogP contribution in [-0.2, 0) is 14.3 Å². The zero-order chi connectivity index (χ0) is 24.2. The van der Waals surface area contributed by atoms with Crippen LogP contribution in [0.3, 0.4) is 0 Å². The van der Waals surface area contributed by atoms with Crippen LogP contribution in [0.15, 0.2) is 53.6 Å². The molecule has 0 spiro atoms. The Morgan fingerprint density at radius 1 is 1.24 bits per heavy atom. The van der Waals surface area contributed by atoms with E-state index in [1.54, 1.807) is 24.3 Å². The fraction of sp³-hybridized carbons (Fsp3) is 0.375. The molecule has 178 valence electrons. The predicted octanol–water partition coefficient (Wildman–Crippen LogP) is 3.30. The van der Waals surface area contributed by atoms with E-state index in [2.05, 4.69) is 5.10 Å². The Morgan fingerprint density at radius 3 is 2.62 bits per heavy atom. The van der Waals surface area contributed by atoms with Crippen molar-refractivity contribution in [1.82, 2.24) is 9.91 Å². The molecule has 2 aromatic rings. The first kappa shape index (κ1) is 23.5. The molecular weight excluding hydrogens is 443 g/mol. The van der Waals surface area contributed by atoms with Crippen molar-refractivity contribution in [2.24, 2.45) is 11.0 Å². The Kier molecular flexibility index (Phi) is 6.97. The Bertz CT molecular complexity index is 1120. The number of carbonyl (C=O) groups is 2. The SMILES string of the molecule is COCCN(CC(=O)N1N=C(c2ccc(F)cc2)CC1c1cccc([N+](=O)[O-])c1)C(=O)C1CC1. The van der Waals surface area contributed by atoms with Crippen LogP contribution in [-0.4, -0.2) is 59.2 Å². The molecule has 1 aliphatic carbocycles. The number of carbonyl (C=O) groups excluding carboxylic acids is 2. The van der Waals surface area contributed by atoms with Crippen molar-refractivity contribution in [1.29, 1.82) is 0 Å². The fourth-order valence-corrected chi connectivity index (χ4v) is 3.96. The third-order valence-corrected chi connectivity index (χ3v) is 5.94. The first-order chi connectivity index (χ1) is 16.4. The summed E-state index contributed by atoms with van der Waals surface area (Å²) in [4.78, 5) is 38.4. The molecule has 2 aliphatic rings. The highest BCUT2D eigenvalue weighted by molar-refractivity contribution is 6.03. The summed E-state index contributed by atoms with van der Waals surface area (Å²) >= 11 is 0. The van der Waals surface area contributed by atoms with Gasteiger partial charge in [0.05, 0.1) is 23.3 Å². The topological polar surface area (TPSA) is 105 Å². The maximum atomic E-state index is 13.4. The third kappa shape index (κ3) is 5.28. The van der Waals surface area contributed by atoms with Crippen molar-refractivity contribution in [2.75, 3.05) is 26.8 Å². The van der Waals surface area contributed by atoms with E-state index < -0.39 is 22.7 Å². The minimum Gasteiger partial charge on any atom is -0.383 e. The lowest BCUT2D eigenvalue weighted by Crippen LogP contribution is -2.43. The minimum atomic E-state index is -0.590. The van der Waals surface area contributed by atoms with Crippen LogP contribution in [0.25, 0.3) is 0 Å². The van der Waals surface area contributed by atoms with E-state index in [1.165, 1.54) is 41.3 Å². The lowest BCUT2D eigenvalue weighted by molar-refractivity contribution is -0.385. The van der Waals surface area contributed by atoms with Gasteiger partial charge in [-0.1, -0.05) is 24.3 Å². The van der Waals surface area contributed by atoms with Crippen molar-refractivity contribution >= 4 is 23.2 Å². The molecule has 0 saturated heterocycles. The van der Waals surface area contributed by atoms with Gasteiger partial charge in [0.15, 0.2) is 0 Å². The highest BCUT2D eigenvalue weighted by Crippen LogP contribution is 2.35. The quantitative estimate of drug-likeness (QED) is 0.415. The van der Waals surface area contributed by atoms with E-state index >= 15 is 0 Å². The van der Waals surface area contributed by atoms with Crippen molar-refractivity contribution in [3.05, 3.63) is 75.6 Å². The molecule has 4 rings (SSSR count). The van der Waals surface area contributed by atoms with E-state index in [1.807, 2.05) is 0 Å². The molecule has 9 nitrogen and oxygen atoms in total. The number of nitro groups is 1. The van der Waals surface area contributed by atoms with Gasteiger partial charge in [0.1, 0.15) is 12.4 Å². The second-order valence-electron chi connectivity index (χ2n) is 8.39.